The van der Waals surface area contributed by atoms with Crippen LogP contribution in [0.4, 0.5) is 5.69 Å². The average Bonchev–Trinajstić information content (AvgIpc) is 2.49. The van der Waals surface area contributed by atoms with Crippen LogP contribution < -0.4 is 11.1 Å². The fourth-order valence-corrected chi connectivity index (χ4v) is 2.19. The van der Waals surface area contributed by atoms with Gasteiger partial charge >= 0.3 is 0 Å². The van der Waals surface area contributed by atoms with Crippen molar-refractivity contribution in [3.63, 3.8) is 0 Å². The number of rotatable bonds is 3. The Bertz CT molecular complexity index is 665. The van der Waals surface area contributed by atoms with Crippen molar-refractivity contribution in [2.75, 3.05) is 5.32 Å². The van der Waals surface area contributed by atoms with Gasteiger partial charge in [-0.3, -0.25) is 4.79 Å². The molecular formula is C15H12BrN3O. The maximum atomic E-state index is 12.1. The zero-order valence-electron chi connectivity index (χ0n) is 10.5. The Balaban J connectivity index is 2.14. The molecule has 1 atom stereocenters. The largest absolute Gasteiger partial charge is 0.323 e. The Labute approximate surface area is 125 Å². The Morgan fingerprint density at radius 1 is 1.25 bits per heavy atom. The zero-order valence-corrected chi connectivity index (χ0v) is 12.1. The van der Waals surface area contributed by atoms with E-state index in [-0.39, 0.29) is 5.91 Å². The standard InChI is InChI=1S/C15H12BrN3O/c16-12-8-10(9-17)6-7-13(12)19-15(20)14(18)11-4-2-1-3-5-11/h1-8,14H,18H2,(H,19,20)/t14-/m1/s1. The number of anilines is 1. The molecule has 4 nitrogen and oxygen atoms in total. The Kier molecular flexibility index (Phi) is 4.51. The lowest BCUT2D eigenvalue weighted by molar-refractivity contribution is -0.117. The second-order valence-electron chi connectivity index (χ2n) is 4.18. The molecule has 0 saturated carbocycles. The average molecular weight is 330 g/mol. The predicted octanol–water partition coefficient (Wildman–Crippen LogP) is 2.96. The molecular weight excluding hydrogens is 318 g/mol. The van der Waals surface area contributed by atoms with Crippen molar-refractivity contribution >= 4 is 27.5 Å². The van der Waals surface area contributed by atoms with Gasteiger partial charge in [0.25, 0.3) is 0 Å². The molecule has 0 spiro atoms. The minimum Gasteiger partial charge on any atom is -0.323 e. The normalized spacial score (nSPS) is 11.4. The summed E-state index contributed by atoms with van der Waals surface area (Å²) in [6.45, 7) is 0. The Morgan fingerprint density at radius 2 is 1.95 bits per heavy atom. The van der Waals surface area contributed by atoms with Gasteiger partial charge in [-0.15, -0.1) is 0 Å². The van der Waals surface area contributed by atoms with Crippen LogP contribution in [0, 0.1) is 11.3 Å². The predicted molar refractivity (Wildman–Crippen MR) is 80.9 cm³/mol. The summed E-state index contributed by atoms with van der Waals surface area (Å²) in [6.07, 6.45) is 0. The van der Waals surface area contributed by atoms with Crippen LogP contribution in [0.25, 0.3) is 0 Å². The molecule has 0 aliphatic heterocycles. The molecule has 0 aromatic heterocycles. The van der Waals surface area contributed by atoms with Crippen LogP contribution in [0.3, 0.4) is 0 Å². The molecule has 2 aromatic carbocycles. The molecule has 0 saturated heterocycles. The molecule has 5 heteroatoms. The van der Waals surface area contributed by atoms with E-state index in [1.165, 1.54) is 0 Å². The Morgan fingerprint density at radius 3 is 2.55 bits per heavy atom. The fourth-order valence-electron chi connectivity index (χ4n) is 1.71. The molecule has 1 amide bonds. The van der Waals surface area contributed by atoms with E-state index in [1.807, 2.05) is 24.3 Å². The van der Waals surface area contributed by atoms with Crippen LogP contribution in [0.2, 0.25) is 0 Å². The number of nitrogens with zero attached hydrogens (tertiary/aromatic N) is 1. The number of halogens is 1. The van der Waals surface area contributed by atoms with Gasteiger partial charge in [0.15, 0.2) is 0 Å². The minimum atomic E-state index is -0.737. The number of amides is 1. The van der Waals surface area contributed by atoms with E-state index in [9.17, 15) is 4.79 Å². The van der Waals surface area contributed by atoms with Crippen molar-refractivity contribution in [1.29, 1.82) is 5.26 Å². The minimum absolute atomic E-state index is 0.304. The lowest BCUT2D eigenvalue weighted by atomic mass is 10.1. The van der Waals surface area contributed by atoms with Crippen LogP contribution in [0.1, 0.15) is 17.2 Å². The lowest BCUT2D eigenvalue weighted by Crippen LogP contribution is -2.27. The van der Waals surface area contributed by atoms with Crippen molar-refractivity contribution in [2.24, 2.45) is 5.73 Å². The first kappa shape index (κ1) is 14.3. The Hall–Kier alpha value is -2.16. The third-order valence-corrected chi connectivity index (χ3v) is 3.45. The van der Waals surface area contributed by atoms with Crippen molar-refractivity contribution in [3.05, 3.63) is 64.1 Å². The van der Waals surface area contributed by atoms with Gasteiger partial charge in [-0.1, -0.05) is 30.3 Å². The molecule has 0 radical (unpaired) electrons. The van der Waals surface area contributed by atoms with Crippen LogP contribution in [0.15, 0.2) is 53.0 Å². The first-order valence-corrected chi connectivity index (χ1v) is 6.72. The van der Waals surface area contributed by atoms with E-state index in [4.69, 9.17) is 11.0 Å². The fraction of sp³-hybridized carbons (Fsp3) is 0.0667. The summed E-state index contributed by atoms with van der Waals surface area (Å²) in [5, 5.41) is 11.5. The van der Waals surface area contributed by atoms with Gasteiger partial charge in [-0.25, -0.2) is 0 Å². The zero-order chi connectivity index (χ0) is 14.5. The van der Waals surface area contributed by atoms with Crippen molar-refractivity contribution in [1.82, 2.24) is 0 Å². The van der Waals surface area contributed by atoms with Crippen LogP contribution in [-0.2, 0) is 4.79 Å². The molecule has 20 heavy (non-hydrogen) atoms. The van der Waals surface area contributed by atoms with Gasteiger partial charge in [0.1, 0.15) is 6.04 Å². The molecule has 0 aliphatic carbocycles. The summed E-state index contributed by atoms with van der Waals surface area (Å²) in [6, 6.07) is 15.4. The van der Waals surface area contributed by atoms with Crippen molar-refractivity contribution in [3.8, 4) is 6.07 Å². The molecule has 0 bridgehead atoms. The summed E-state index contributed by atoms with van der Waals surface area (Å²) in [7, 11) is 0. The number of nitriles is 1. The highest BCUT2D eigenvalue weighted by molar-refractivity contribution is 9.10. The summed E-state index contributed by atoms with van der Waals surface area (Å²) >= 11 is 3.32. The van der Waals surface area contributed by atoms with E-state index in [0.717, 1.165) is 5.56 Å². The van der Waals surface area contributed by atoms with E-state index in [2.05, 4.69) is 21.2 Å². The third kappa shape index (κ3) is 3.23. The number of carbonyl (C=O) groups is 1. The van der Waals surface area contributed by atoms with Gasteiger partial charge in [-0.2, -0.15) is 5.26 Å². The van der Waals surface area contributed by atoms with Gasteiger partial charge in [0, 0.05) is 4.47 Å². The van der Waals surface area contributed by atoms with E-state index in [1.54, 1.807) is 30.3 Å². The van der Waals surface area contributed by atoms with Crippen molar-refractivity contribution in [2.45, 2.75) is 6.04 Å². The van der Waals surface area contributed by atoms with E-state index in [0.29, 0.717) is 15.7 Å². The second kappa shape index (κ2) is 6.33. The maximum absolute atomic E-state index is 12.1. The topological polar surface area (TPSA) is 78.9 Å². The first-order valence-electron chi connectivity index (χ1n) is 5.93. The smallest absolute Gasteiger partial charge is 0.245 e. The van der Waals surface area contributed by atoms with Crippen molar-refractivity contribution < 1.29 is 4.79 Å². The van der Waals surface area contributed by atoms with Crippen LogP contribution in [0.5, 0.6) is 0 Å². The second-order valence-corrected chi connectivity index (χ2v) is 5.04. The summed E-state index contributed by atoms with van der Waals surface area (Å²) in [5.74, 6) is -0.304. The monoisotopic (exact) mass is 329 g/mol. The number of benzene rings is 2. The number of hydrogen-bond acceptors (Lipinski definition) is 3. The highest BCUT2D eigenvalue weighted by Crippen LogP contribution is 2.24. The summed E-state index contributed by atoms with van der Waals surface area (Å²) in [4.78, 5) is 12.1. The van der Waals surface area contributed by atoms with E-state index < -0.39 is 6.04 Å². The van der Waals surface area contributed by atoms with Crippen LogP contribution >= 0.6 is 15.9 Å². The quantitative estimate of drug-likeness (QED) is 0.908. The van der Waals surface area contributed by atoms with Gasteiger partial charge in [0.05, 0.1) is 17.3 Å². The third-order valence-electron chi connectivity index (χ3n) is 2.80. The number of hydrogen-bond donors (Lipinski definition) is 2. The highest BCUT2D eigenvalue weighted by Gasteiger charge is 2.16. The number of nitrogens with two attached hydrogens (primary N) is 1. The van der Waals surface area contributed by atoms with E-state index >= 15 is 0 Å². The molecule has 0 unspecified atom stereocenters. The lowest BCUT2D eigenvalue weighted by Gasteiger charge is -2.13. The van der Waals surface area contributed by atoms with Gasteiger partial charge in [0.2, 0.25) is 5.91 Å². The summed E-state index contributed by atoms with van der Waals surface area (Å²) in [5.41, 5.74) is 7.76. The highest BCUT2D eigenvalue weighted by atomic mass is 79.9. The molecule has 0 heterocycles. The molecule has 100 valence electrons. The van der Waals surface area contributed by atoms with Gasteiger partial charge in [-0.05, 0) is 39.7 Å². The molecule has 0 aliphatic rings. The first-order chi connectivity index (χ1) is 9.61. The molecule has 2 rings (SSSR count). The summed E-state index contributed by atoms with van der Waals surface area (Å²) < 4.78 is 0.644. The SMILES string of the molecule is N#Cc1ccc(NC(=O)[C@H](N)c2ccccc2)c(Br)c1. The number of nitrogens with one attached hydrogen (secondary N) is 1. The van der Waals surface area contributed by atoms with Crippen LogP contribution in [-0.4, -0.2) is 5.91 Å². The maximum Gasteiger partial charge on any atom is 0.245 e. The molecule has 3 N–H and O–H groups in total. The molecule has 2 aromatic rings. The number of carbonyl (C=O) groups excluding carboxylic acids is 1. The van der Waals surface area contributed by atoms with Gasteiger partial charge < -0.3 is 11.1 Å². The molecule has 0 fully saturated rings.